The summed E-state index contributed by atoms with van der Waals surface area (Å²) in [6.07, 6.45) is 3.19. The first-order valence-corrected chi connectivity index (χ1v) is 6.48. The SMILES string of the molecule is CC(C)C(O)CNCc1nnc2n1CCCC2. The summed E-state index contributed by atoms with van der Waals surface area (Å²) < 4.78 is 2.21. The Morgan fingerprint density at radius 1 is 1.35 bits per heavy atom. The molecule has 0 amide bonds. The number of rotatable bonds is 5. The van der Waals surface area contributed by atoms with Gasteiger partial charge in [-0.3, -0.25) is 0 Å². The van der Waals surface area contributed by atoms with E-state index in [-0.39, 0.29) is 12.0 Å². The highest BCUT2D eigenvalue weighted by atomic mass is 16.3. The lowest BCUT2D eigenvalue weighted by molar-refractivity contribution is 0.123. The second-order valence-corrected chi connectivity index (χ2v) is 5.08. The summed E-state index contributed by atoms with van der Waals surface area (Å²) in [7, 11) is 0. The maximum atomic E-state index is 9.69. The monoisotopic (exact) mass is 238 g/mol. The van der Waals surface area contributed by atoms with Crippen molar-refractivity contribution in [2.45, 2.75) is 52.3 Å². The van der Waals surface area contributed by atoms with Crippen LogP contribution in [-0.4, -0.2) is 32.5 Å². The second-order valence-electron chi connectivity index (χ2n) is 5.08. The Labute approximate surface area is 102 Å². The predicted octanol–water partition coefficient (Wildman–Crippen LogP) is 0.721. The first-order valence-electron chi connectivity index (χ1n) is 6.48. The molecule has 2 N–H and O–H groups in total. The first kappa shape index (κ1) is 12.5. The lowest BCUT2D eigenvalue weighted by Gasteiger charge is -2.17. The Morgan fingerprint density at radius 3 is 2.94 bits per heavy atom. The van der Waals surface area contributed by atoms with Gasteiger partial charge in [-0.2, -0.15) is 0 Å². The third-order valence-corrected chi connectivity index (χ3v) is 3.34. The minimum Gasteiger partial charge on any atom is -0.392 e. The number of hydrogen-bond donors (Lipinski definition) is 2. The number of aliphatic hydroxyl groups is 1. The molecule has 0 aliphatic carbocycles. The van der Waals surface area contributed by atoms with Crippen LogP contribution >= 0.6 is 0 Å². The molecule has 0 aromatic carbocycles. The molecule has 1 aromatic heterocycles. The van der Waals surface area contributed by atoms with Gasteiger partial charge in [-0.25, -0.2) is 0 Å². The first-order chi connectivity index (χ1) is 8.18. The van der Waals surface area contributed by atoms with E-state index in [4.69, 9.17) is 0 Å². The van der Waals surface area contributed by atoms with Gasteiger partial charge in [0.1, 0.15) is 11.6 Å². The second kappa shape index (κ2) is 5.60. The van der Waals surface area contributed by atoms with Gasteiger partial charge in [0.05, 0.1) is 12.6 Å². The Bertz CT molecular complexity index is 361. The molecule has 0 spiro atoms. The minimum absolute atomic E-state index is 0.287. The van der Waals surface area contributed by atoms with E-state index in [1.54, 1.807) is 0 Å². The van der Waals surface area contributed by atoms with E-state index in [1.807, 2.05) is 13.8 Å². The zero-order chi connectivity index (χ0) is 12.3. The zero-order valence-electron chi connectivity index (χ0n) is 10.7. The molecule has 1 aromatic rings. The van der Waals surface area contributed by atoms with Crippen molar-refractivity contribution in [1.82, 2.24) is 20.1 Å². The Morgan fingerprint density at radius 2 is 2.18 bits per heavy atom. The van der Waals surface area contributed by atoms with Gasteiger partial charge in [0.2, 0.25) is 0 Å². The van der Waals surface area contributed by atoms with Gasteiger partial charge < -0.3 is 15.0 Å². The van der Waals surface area contributed by atoms with Crippen molar-refractivity contribution >= 4 is 0 Å². The van der Waals surface area contributed by atoms with E-state index >= 15 is 0 Å². The average Bonchev–Trinajstić information content (AvgIpc) is 2.72. The van der Waals surface area contributed by atoms with Crippen molar-refractivity contribution in [3.8, 4) is 0 Å². The molecule has 0 bridgehead atoms. The summed E-state index contributed by atoms with van der Waals surface area (Å²) in [4.78, 5) is 0. The molecule has 0 saturated carbocycles. The maximum Gasteiger partial charge on any atom is 0.147 e. The summed E-state index contributed by atoms with van der Waals surface area (Å²) in [6, 6.07) is 0. The molecule has 1 atom stereocenters. The minimum atomic E-state index is -0.293. The van der Waals surface area contributed by atoms with Crippen molar-refractivity contribution in [2.75, 3.05) is 6.54 Å². The lowest BCUT2D eigenvalue weighted by atomic mass is 10.1. The van der Waals surface area contributed by atoms with Gasteiger partial charge in [0.15, 0.2) is 0 Å². The van der Waals surface area contributed by atoms with Crippen molar-refractivity contribution in [1.29, 1.82) is 0 Å². The van der Waals surface area contributed by atoms with E-state index in [1.165, 1.54) is 12.8 Å². The van der Waals surface area contributed by atoms with Crippen molar-refractivity contribution in [3.63, 3.8) is 0 Å². The molecule has 2 heterocycles. The number of nitrogens with one attached hydrogen (secondary N) is 1. The molecule has 0 fully saturated rings. The quantitative estimate of drug-likeness (QED) is 0.793. The standard InChI is InChI=1S/C12H22N4O/c1-9(2)10(17)7-13-8-12-15-14-11-5-3-4-6-16(11)12/h9-10,13,17H,3-8H2,1-2H3. The molecule has 1 aliphatic heterocycles. The van der Waals surface area contributed by atoms with Crippen molar-refractivity contribution in [3.05, 3.63) is 11.6 Å². The van der Waals surface area contributed by atoms with Crippen molar-refractivity contribution in [2.24, 2.45) is 5.92 Å². The number of aromatic nitrogens is 3. The number of hydrogen-bond acceptors (Lipinski definition) is 4. The van der Waals surface area contributed by atoms with Crippen LogP contribution in [0, 0.1) is 5.92 Å². The van der Waals surface area contributed by atoms with Crippen LogP contribution in [0.5, 0.6) is 0 Å². The highest BCUT2D eigenvalue weighted by Crippen LogP contribution is 2.13. The van der Waals surface area contributed by atoms with Gasteiger partial charge in [0, 0.05) is 19.5 Å². The van der Waals surface area contributed by atoms with Gasteiger partial charge in [-0.05, 0) is 18.8 Å². The van der Waals surface area contributed by atoms with Gasteiger partial charge in [0.25, 0.3) is 0 Å². The van der Waals surface area contributed by atoms with Crippen LogP contribution in [0.1, 0.15) is 38.3 Å². The number of aryl methyl sites for hydroxylation is 1. The number of aliphatic hydroxyl groups excluding tert-OH is 1. The van der Waals surface area contributed by atoms with Crippen LogP contribution in [0.4, 0.5) is 0 Å². The molecule has 2 rings (SSSR count). The highest BCUT2D eigenvalue weighted by molar-refractivity contribution is 4.98. The van der Waals surface area contributed by atoms with Crippen LogP contribution in [-0.2, 0) is 19.5 Å². The molecule has 96 valence electrons. The van der Waals surface area contributed by atoms with E-state index in [2.05, 4.69) is 20.1 Å². The number of nitrogens with zero attached hydrogens (tertiary/aromatic N) is 3. The van der Waals surface area contributed by atoms with E-state index in [0.717, 1.165) is 24.6 Å². The molecule has 5 nitrogen and oxygen atoms in total. The van der Waals surface area contributed by atoms with E-state index < -0.39 is 0 Å². The van der Waals surface area contributed by atoms with Gasteiger partial charge in [-0.15, -0.1) is 10.2 Å². The van der Waals surface area contributed by atoms with E-state index in [9.17, 15) is 5.11 Å². The van der Waals surface area contributed by atoms with Gasteiger partial charge in [-0.1, -0.05) is 13.8 Å². The average molecular weight is 238 g/mol. The Hall–Kier alpha value is -0.940. The molecule has 0 radical (unpaired) electrons. The topological polar surface area (TPSA) is 63.0 Å². The molecule has 17 heavy (non-hydrogen) atoms. The molecular formula is C12H22N4O. The summed E-state index contributed by atoms with van der Waals surface area (Å²) in [5.74, 6) is 2.39. The van der Waals surface area contributed by atoms with Gasteiger partial charge >= 0.3 is 0 Å². The number of fused-ring (bicyclic) bond motifs is 1. The molecule has 1 unspecified atom stereocenters. The smallest absolute Gasteiger partial charge is 0.147 e. The largest absolute Gasteiger partial charge is 0.392 e. The van der Waals surface area contributed by atoms with E-state index in [0.29, 0.717) is 13.1 Å². The Kier molecular flexibility index (Phi) is 4.12. The fraction of sp³-hybridized carbons (Fsp3) is 0.833. The van der Waals surface area contributed by atoms with Crippen molar-refractivity contribution < 1.29 is 5.11 Å². The summed E-state index contributed by atoms with van der Waals surface area (Å²) in [6.45, 7) is 6.37. The van der Waals surface area contributed by atoms with Crippen LogP contribution in [0.3, 0.4) is 0 Å². The molecule has 1 aliphatic rings. The maximum absolute atomic E-state index is 9.69. The zero-order valence-corrected chi connectivity index (χ0v) is 10.7. The van der Waals surface area contributed by atoms with Crippen LogP contribution < -0.4 is 5.32 Å². The normalized spacial score (nSPS) is 17.2. The predicted molar refractivity (Wildman–Crippen MR) is 65.5 cm³/mol. The fourth-order valence-electron chi connectivity index (χ4n) is 2.07. The third kappa shape index (κ3) is 3.04. The lowest BCUT2D eigenvalue weighted by Crippen LogP contribution is -2.31. The van der Waals surface area contributed by atoms with Crippen LogP contribution in [0.15, 0.2) is 0 Å². The highest BCUT2D eigenvalue weighted by Gasteiger charge is 2.15. The third-order valence-electron chi connectivity index (χ3n) is 3.34. The fourth-order valence-corrected chi connectivity index (χ4v) is 2.07. The summed E-state index contributed by atoms with van der Waals surface area (Å²) in [5.41, 5.74) is 0. The van der Waals surface area contributed by atoms with Crippen LogP contribution in [0.2, 0.25) is 0 Å². The van der Waals surface area contributed by atoms with Crippen LogP contribution in [0.25, 0.3) is 0 Å². The molecular weight excluding hydrogens is 216 g/mol. The Balaban J connectivity index is 1.85. The summed E-state index contributed by atoms with van der Waals surface area (Å²) >= 11 is 0. The molecule has 0 saturated heterocycles. The summed E-state index contributed by atoms with van der Waals surface area (Å²) in [5, 5.41) is 21.3. The molecule has 5 heteroatoms.